The predicted octanol–water partition coefficient (Wildman–Crippen LogP) is 2.34. The fraction of sp³-hybridized carbons (Fsp3) is 0.714. The van der Waals surface area contributed by atoms with E-state index in [0.29, 0.717) is 18.8 Å². The van der Waals surface area contributed by atoms with E-state index in [0.717, 1.165) is 32.2 Å². The lowest BCUT2D eigenvalue weighted by Crippen LogP contribution is -2.41. The number of rotatable bonds is 6. The summed E-state index contributed by atoms with van der Waals surface area (Å²) < 4.78 is 32.2. The molecule has 0 aliphatic carbocycles. The van der Waals surface area contributed by atoms with E-state index < -0.39 is 10.0 Å². The molecule has 1 fully saturated rings. The van der Waals surface area contributed by atoms with E-state index in [1.807, 2.05) is 6.92 Å². The molecule has 1 atom stereocenters. The highest BCUT2D eigenvalue weighted by molar-refractivity contribution is 7.89. The molecule has 1 saturated heterocycles. The van der Waals surface area contributed by atoms with Crippen LogP contribution in [0.3, 0.4) is 0 Å². The first-order valence-electron chi connectivity index (χ1n) is 7.37. The maximum atomic E-state index is 12.6. The third kappa shape index (κ3) is 3.42. The summed E-state index contributed by atoms with van der Waals surface area (Å²) in [4.78, 5) is 0. The first kappa shape index (κ1) is 15.5. The summed E-state index contributed by atoms with van der Waals surface area (Å²) in [6.07, 6.45) is 3.98. The first-order chi connectivity index (χ1) is 9.55. The van der Waals surface area contributed by atoms with Crippen LogP contribution in [0, 0.1) is 0 Å². The van der Waals surface area contributed by atoms with Crippen LogP contribution in [0.15, 0.2) is 21.6 Å². The third-order valence-electron chi connectivity index (χ3n) is 3.67. The third-order valence-corrected chi connectivity index (χ3v) is 5.56. The Bertz CT molecular complexity index is 524. The van der Waals surface area contributed by atoms with E-state index in [1.54, 1.807) is 16.4 Å². The van der Waals surface area contributed by atoms with Crippen molar-refractivity contribution in [1.29, 1.82) is 0 Å². The summed E-state index contributed by atoms with van der Waals surface area (Å²) in [5, 5.41) is 3.27. The van der Waals surface area contributed by atoms with Gasteiger partial charge in [-0.3, -0.25) is 0 Å². The minimum Gasteiger partial charge on any atom is -0.447 e. The molecule has 114 valence electrons. The second kappa shape index (κ2) is 6.74. The Hall–Kier alpha value is -0.850. The van der Waals surface area contributed by atoms with Crippen LogP contribution in [0.5, 0.6) is 0 Å². The van der Waals surface area contributed by atoms with Gasteiger partial charge < -0.3 is 9.73 Å². The minimum atomic E-state index is -3.48. The molecule has 1 aromatic rings. The minimum absolute atomic E-state index is 0.0560. The quantitative estimate of drug-likeness (QED) is 0.819. The second-order valence-electron chi connectivity index (χ2n) is 5.36. The zero-order valence-electron chi connectivity index (χ0n) is 12.3. The van der Waals surface area contributed by atoms with Crippen molar-refractivity contribution < 1.29 is 12.8 Å². The molecule has 20 heavy (non-hydrogen) atoms. The Morgan fingerprint density at radius 2 is 2.20 bits per heavy atom. The Morgan fingerprint density at radius 3 is 2.90 bits per heavy atom. The van der Waals surface area contributed by atoms with Gasteiger partial charge >= 0.3 is 0 Å². The number of furan rings is 1. The highest BCUT2D eigenvalue weighted by Gasteiger charge is 2.33. The molecule has 1 aliphatic rings. The molecule has 0 saturated carbocycles. The van der Waals surface area contributed by atoms with E-state index in [4.69, 9.17) is 4.42 Å². The predicted molar refractivity (Wildman–Crippen MR) is 77.9 cm³/mol. The van der Waals surface area contributed by atoms with Gasteiger partial charge in [-0.25, -0.2) is 8.42 Å². The Kier molecular flexibility index (Phi) is 5.23. The average molecular weight is 300 g/mol. The van der Waals surface area contributed by atoms with Gasteiger partial charge in [-0.2, -0.15) is 4.31 Å². The monoisotopic (exact) mass is 300 g/mol. The normalized spacial score (nSPS) is 21.2. The van der Waals surface area contributed by atoms with Crippen molar-refractivity contribution in [3.05, 3.63) is 17.9 Å². The molecule has 1 aliphatic heterocycles. The number of hydrogen-bond acceptors (Lipinski definition) is 4. The molecule has 0 aromatic carbocycles. The van der Waals surface area contributed by atoms with Crippen LogP contribution in [0.1, 0.15) is 45.3 Å². The molecule has 0 spiro atoms. The van der Waals surface area contributed by atoms with E-state index in [2.05, 4.69) is 12.2 Å². The molecular formula is C14H24N2O3S. The molecular weight excluding hydrogens is 276 g/mol. The van der Waals surface area contributed by atoms with Crippen LogP contribution < -0.4 is 5.32 Å². The van der Waals surface area contributed by atoms with Gasteiger partial charge in [-0.1, -0.05) is 13.3 Å². The maximum absolute atomic E-state index is 12.6. The SMILES string of the molecule is CCCNCc1ccc(S(=O)(=O)N2CCCCC2C)o1. The van der Waals surface area contributed by atoms with Gasteiger partial charge in [0.25, 0.3) is 10.0 Å². The average Bonchev–Trinajstić information content (AvgIpc) is 2.89. The summed E-state index contributed by atoms with van der Waals surface area (Å²) in [5.41, 5.74) is 0. The van der Waals surface area contributed by atoms with Gasteiger partial charge in [0.15, 0.2) is 0 Å². The Labute approximate surface area is 121 Å². The second-order valence-corrected chi connectivity index (χ2v) is 7.18. The topological polar surface area (TPSA) is 62.6 Å². The van der Waals surface area contributed by atoms with E-state index in [1.165, 1.54) is 0 Å². The van der Waals surface area contributed by atoms with Crippen LogP contribution in [-0.2, 0) is 16.6 Å². The molecule has 5 nitrogen and oxygen atoms in total. The molecule has 2 rings (SSSR count). The zero-order chi connectivity index (χ0) is 14.6. The number of nitrogens with zero attached hydrogens (tertiary/aromatic N) is 1. The van der Waals surface area contributed by atoms with Crippen LogP contribution in [0.4, 0.5) is 0 Å². The highest BCUT2D eigenvalue weighted by atomic mass is 32.2. The smallest absolute Gasteiger partial charge is 0.276 e. The van der Waals surface area contributed by atoms with Gasteiger partial charge in [0, 0.05) is 12.6 Å². The van der Waals surface area contributed by atoms with Crippen molar-refractivity contribution in [3.63, 3.8) is 0 Å². The summed E-state index contributed by atoms with van der Waals surface area (Å²) in [5.74, 6) is 0.668. The largest absolute Gasteiger partial charge is 0.447 e. The molecule has 0 radical (unpaired) electrons. The van der Waals surface area contributed by atoms with Crippen LogP contribution in [0.2, 0.25) is 0 Å². The van der Waals surface area contributed by atoms with Crippen molar-refractivity contribution in [2.75, 3.05) is 13.1 Å². The number of hydrogen-bond donors (Lipinski definition) is 1. The van der Waals surface area contributed by atoms with E-state index in [9.17, 15) is 8.42 Å². The van der Waals surface area contributed by atoms with Crippen LogP contribution >= 0.6 is 0 Å². The lowest BCUT2D eigenvalue weighted by Gasteiger charge is -2.31. The van der Waals surface area contributed by atoms with E-state index >= 15 is 0 Å². The Morgan fingerprint density at radius 1 is 1.40 bits per heavy atom. The van der Waals surface area contributed by atoms with Gasteiger partial charge in [-0.15, -0.1) is 0 Å². The molecule has 0 bridgehead atoms. The standard InChI is InChI=1S/C14H24N2O3S/c1-3-9-15-11-13-7-8-14(19-13)20(17,18)16-10-5-4-6-12(16)2/h7-8,12,15H,3-6,9-11H2,1-2H3. The molecule has 0 amide bonds. The first-order valence-corrected chi connectivity index (χ1v) is 8.81. The summed E-state index contributed by atoms with van der Waals surface area (Å²) >= 11 is 0. The Balaban J connectivity index is 2.09. The molecule has 6 heteroatoms. The van der Waals surface area contributed by atoms with Gasteiger partial charge in [0.2, 0.25) is 5.09 Å². The zero-order valence-corrected chi connectivity index (χ0v) is 13.1. The summed E-state index contributed by atoms with van der Waals surface area (Å²) in [6, 6.07) is 3.37. The molecule has 1 unspecified atom stereocenters. The molecule has 1 N–H and O–H groups in total. The number of piperidine rings is 1. The lowest BCUT2D eigenvalue weighted by atomic mass is 10.1. The van der Waals surface area contributed by atoms with Gasteiger partial charge in [0.1, 0.15) is 5.76 Å². The maximum Gasteiger partial charge on any atom is 0.276 e. The van der Waals surface area contributed by atoms with Crippen LogP contribution in [0.25, 0.3) is 0 Å². The van der Waals surface area contributed by atoms with Crippen LogP contribution in [-0.4, -0.2) is 31.9 Å². The molecule has 2 heterocycles. The number of nitrogens with one attached hydrogen (secondary N) is 1. The van der Waals surface area contributed by atoms with Crippen molar-refractivity contribution >= 4 is 10.0 Å². The lowest BCUT2D eigenvalue weighted by molar-refractivity contribution is 0.260. The summed E-state index contributed by atoms with van der Waals surface area (Å²) in [6.45, 7) is 6.10. The summed E-state index contributed by atoms with van der Waals surface area (Å²) in [7, 11) is -3.48. The van der Waals surface area contributed by atoms with Crippen molar-refractivity contribution in [3.8, 4) is 0 Å². The number of sulfonamides is 1. The molecule has 1 aromatic heterocycles. The fourth-order valence-electron chi connectivity index (χ4n) is 2.52. The van der Waals surface area contributed by atoms with E-state index in [-0.39, 0.29) is 11.1 Å². The van der Waals surface area contributed by atoms with Crippen molar-refractivity contribution in [2.45, 2.75) is 57.2 Å². The van der Waals surface area contributed by atoms with Crippen molar-refractivity contribution in [2.24, 2.45) is 0 Å². The van der Waals surface area contributed by atoms with Gasteiger partial charge in [0.05, 0.1) is 6.54 Å². The highest BCUT2D eigenvalue weighted by Crippen LogP contribution is 2.26. The fourth-order valence-corrected chi connectivity index (χ4v) is 4.16. The van der Waals surface area contributed by atoms with Gasteiger partial charge in [-0.05, 0) is 44.9 Å². The van der Waals surface area contributed by atoms with Crippen molar-refractivity contribution in [1.82, 2.24) is 9.62 Å².